The fraction of sp³-hybridized carbons (Fsp3) is 0.0769. The average Bonchev–Trinajstić information content (AvgIpc) is 3.97. The van der Waals surface area contributed by atoms with Crippen molar-refractivity contribution in [1.82, 2.24) is 19.1 Å². The molecule has 1 atom stereocenters. The molecular formula is C52H35N5O. The van der Waals surface area contributed by atoms with E-state index in [4.69, 9.17) is 14.7 Å². The normalized spacial score (nSPS) is 17.9. The van der Waals surface area contributed by atoms with Crippen LogP contribution in [0.5, 0.6) is 11.5 Å². The van der Waals surface area contributed by atoms with Crippen molar-refractivity contribution in [2.45, 2.75) is 23.9 Å². The lowest BCUT2D eigenvalue weighted by molar-refractivity contribution is 0.315. The van der Waals surface area contributed by atoms with Crippen LogP contribution in [0.4, 0.5) is 17.6 Å². The van der Waals surface area contributed by atoms with Crippen LogP contribution in [0.2, 0.25) is 0 Å². The Hall–Kier alpha value is -7.44. The topological polar surface area (TPSA) is 48.1 Å². The molecule has 4 aliphatic rings. The van der Waals surface area contributed by atoms with Crippen molar-refractivity contribution in [3.8, 4) is 22.6 Å². The Balaban J connectivity index is 1.21. The van der Waals surface area contributed by atoms with Crippen molar-refractivity contribution >= 4 is 39.7 Å². The zero-order valence-corrected chi connectivity index (χ0v) is 31.5. The van der Waals surface area contributed by atoms with E-state index in [1.807, 2.05) is 0 Å². The number of rotatable bonds is 3. The highest BCUT2D eigenvalue weighted by molar-refractivity contribution is 5.99. The molecule has 2 aliphatic heterocycles. The summed E-state index contributed by atoms with van der Waals surface area (Å²) < 4.78 is 11.6. The van der Waals surface area contributed by atoms with E-state index < -0.39 is 11.1 Å². The number of fused-ring (bicyclic) bond motifs is 15. The molecule has 0 saturated carbocycles. The van der Waals surface area contributed by atoms with Crippen LogP contribution in [0.25, 0.3) is 33.2 Å². The number of benzene rings is 7. The van der Waals surface area contributed by atoms with Crippen LogP contribution < -0.4 is 9.64 Å². The maximum absolute atomic E-state index is 6.75. The van der Waals surface area contributed by atoms with Crippen molar-refractivity contribution in [2.75, 3.05) is 4.90 Å². The van der Waals surface area contributed by atoms with E-state index in [0.717, 1.165) is 75.1 Å². The van der Waals surface area contributed by atoms with Gasteiger partial charge in [0, 0.05) is 16.7 Å². The molecule has 13 rings (SSSR count). The Bertz CT molecular complexity index is 3110. The molecule has 0 N–H and O–H groups in total. The lowest BCUT2D eigenvalue weighted by Crippen LogP contribution is -2.50. The molecule has 2 aliphatic carbocycles. The molecule has 0 saturated heterocycles. The smallest absolute Gasteiger partial charge is 0.220 e. The molecule has 6 nitrogen and oxygen atoms in total. The van der Waals surface area contributed by atoms with Gasteiger partial charge in [-0.1, -0.05) is 146 Å². The summed E-state index contributed by atoms with van der Waals surface area (Å²) in [5.41, 5.74) is 12.9. The van der Waals surface area contributed by atoms with E-state index >= 15 is 0 Å². The first-order chi connectivity index (χ1) is 28.8. The Morgan fingerprint density at radius 2 is 1.07 bits per heavy atom. The van der Waals surface area contributed by atoms with Gasteiger partial charge in [0.25, 0.3) is 0 Å². The Morgan fingerprint density at radius 3 is 1.72 bits per heavy atom. The van der Waals surface area contributed by atoms with Crippen LogP contribution in [0.15, 0.2) is 194 Å². The number of nitrogens with zero attached hydrogens (tertiary/aromatic N) is 5. The fourth-order valence-corrected chi connectivity index (χ4v) is 10.7. The van der Waals surface area contributed by atoms with Crippen molar-refractivity contribution in [3.63, 3.8) is 0 Å². The zero-order chi connectivity index (χ0) is 38.0. The number of imidazole rings is 2. The number of anilines is 3. The molecule has 0 bridgehead atoms. The summed E-state index contributed by atoms with van der Waals surface area (Å²) in [6, 6.07) is 60.8. The van der Waals surface area contributed by atoms with Gasteiger partial charge in [0.2, 0.25) is 11.9 Å². The molecule has 0 amide bonds. The minimum absolute atomic E-state index is 0.518. The molecule has 7 aromatic carbocycles. The second kappa shape index (κ2) is 11.6. The van der Waals surface area contributed by atoms with Crippen molar-refractivity contribution in [2.24, 2.45) is 0 Å². The molecule has 9 aromatic rings. The number of para-hydroxylation sites is 6. The third-order valence-electron chi connectivity index (χ3n) is 12.8. The van der Waals surface area contributed by atoms with Gasteiger partial charge in [-0.2, -0.15) is 0 Å². The summed E-state index contributed by atoms with van der Waals surface area (Å²) in [4.78, 5) is 13.6. The minimum Gasteiger partial charge on any atom is -0.456 e. The van der Waals surface area contributed by atoms with Crippen LogP contribution in [0.1, 0.15) is 40.7 Å². The fourth-order valence-electron chi connectivity index (χ4n) is 10.7. The standard InChI is InChI=1S/C52H35N5O/c1-3-18-34(19-4-1)51(35-20-5-2-6-21-35)37-23-8-7-22-36(37)48-40(51)26-17-31-45(48)55-49-53-41-27-11-13-29-43(41)56(49)52(57-44-30-14-12-28-42(44)54-50(55)57)38-24-9-15-32-46(38)58-47-33-16-10-25-39(47)52/h1,3-5,7-33H,2,6H2. The molecule has 58 heavy (non-hydrogen) atoms. The Labute approximate surface area is 335 Å². The van der Waals surface area contributed by atoms with E-state index in [1.165, 1.54) is 33.4 Å². The molecule has 1 unspecified atom stereocenters. The largest absolute Gasteiger partial charge is 0.456 e. The number of ether oxygens (including phenoxy) is 1. The highest BCUT2D eigenvalue weighted by Crippen LogP contribution is 2.63. The van der Waals surface area contributed by atoms with Crippen LogP contribution in [0, 0.1) is 0 Å². The highest BCUT2D eigenvalue weighted by Gasteiger charge is 2.55. The van der Waals surface area contributed by atoms with Crippen molar-refractivity contribution in [3.05, 3.63) is 221 Å². The van der Waals surface area contributed by atoms with E-state index in [0.29, 0.717) is 0 Å². The number of allylic oxidation sites excluding steroid dienone is 4. The number of hydrogen-bond acceptors (Lipinski definition) is 4. The van der Waals surface area contributed by atoms with Gasteiger partial charge in [-0.05, 0) is 83.1 Å². The molecule has 6 heteroatoms. The van der Waals surface area contributed by atoms with Gasteiger partial charge in [-0.15, -0.1) is 0 Å². The molecule has 2 aromatic heterocycles. The van der Waals surface area contributed by atoms with Crippen LogP contribution in [0.3, 0.4) is 0 Å². The molecule has 274 valence electrons. The van der Waals surface area contributed by atoms with Crippen LogP contribution >= 0.6 is 0 Å². The molecule has 0 fully saturated rings. The summed E-state index contributed by atoms with van der Waals surface area (Å²) in [6.07, 6.45) is 9.20. The monoisotopic (exact) mass is 745 g/mol. The van der Waals surface area contributed by atoms with Crippen LogP contribution in [-0.4, -0.2) is 19.1 Å². The maximum Gasteiger partial charge on any atom is 0.220 e. The van der Waals surface area contributed by atoms with Crippen LogP contribution in [-0.2, 0) is 11.1 Å². The van der Waals surface area contributed by atoms with Gasteiger partial charge in [0.1, 0.15) is 11.5 Å². The SMILES string of the molecule is C1=CC(C2(c3ccccc3)c3ccccc3-c3c(N4c5nc6ccccc6n5C5(c6ccccc6Oc6ccccc65)n5c4nc4ccccc45)cccc32)=CCC1. The summed E-state index contributed by atoms with van der Waals surface area (Å²) in [7, 11) is 0. The Morgan fingerprint density at radius 1 is 0.500 bits per heavy atom. The first kappa shape index (κ1) is 31.7. The van der Waals surface area contributed by atoms with Crippen molar-refractivity contribution < 1.29 is 4.74 Å². The molecule has 4 heterocycles. The third kappa shape index (κ3) is 3.82. The van der Waals surface area contributed by atoms with Gasteiger partial charge in [0.15, 0.2) is 5.66 Å². The summed E-state index contributed by atoms with van der Waals surface area (Å²) >= 11 is 0. The number of aromatic nitrogens is 4. The maximum atomic E-state index is 6.75. The second-order valence-corrected chi connectivity index (χ2v) is 15.6. The third-order valence-corrected chi connectivity index (χ3v) is 12.8. The van der Waals surface area contributed by atoms with Gasteiger partial charge in [-0.25, -0.2) is 14.9 Å². The highest BCUT2D eigenvalue weighted by atomic mass is 16.5. The quantitative estimate of drug-likeness (QED) is 0.181. The minimum atomic E-state index is -0.944. The van der Waals surface area contributed by atoms with Gasteiger partial charge in [-0.3, -0.25) is 9.13 Å². The second-order valence-electron chi connectivity index (χ2n) is 15.6. The summed E-state index contributed by atoms with van der Waals surface area (Å²) in [6.45, 7) is 0. The average molecular weight is 746 g/mol. The van der Waals surface area contributed by atoms with Gasteiger partial charge < -0.3 is 4.74 Å². The zero-order valence-electron chi connectivity index (χ0n) is 31.5. The lowest BCUT2D eigenvalue weighted by Gasteiger charge is -2.48. The van der Waals surface area contributed by atoms with Gasteiger partial charge in [0.05, 0.1) is 33.2 Å². The molecular weight excluding hydrogens is 711 g/mol. The van der Waals surface area contributed by atoms with Crippen molar-refractivity contribution in [1.29, 1.82) is 0 Å². The predicted octanol–water partition coefficient (Wildman–Crippen LogP) is 12.2. The van der Waals surface area contributed by atoms with Gasteiger partial charge >= 0.3 is 0 Å². The predicted molar refractivity (Wildman–Crippen MR) is 230 cm³/mol. The van der Waals surface area contributed by atoms with E-state index in [-0.39, 0.29) is 0 Å². The number of hydrogen-bond donors (Lipinski definition) is 0. The van der Waals surface area contributed by atoms with E-state index in [1.54, 1.807) is 0 Å². The lowest BCUT2D eigenvalue weighted by atomic mass is 9.66. The molecule has 0 radical (unpaired) electrons. The molecule has 1 spiro atoms. The summed E-state index contributed by atoms with van der Waals surface area (Å²) in [5.74, 6) is 3.18. The van der Waals surface area contributed by atoms with E-state index in [2.05, 4.69) is 202 Å². The first-order valence-electron chi connectivity index (χ1n) is 20.1. The Kier molecular flexibility index (Phi) is 6.32. The first-order valence-corrected chi connectivity index (χ1v) is 20.1. The summed E-state index contributed by atoms with van der Waals surface area (Å²) in [5, 5.41) is 0. The van der Waals surface area contributed by atoms with E-state index in [9.17, 15) is 0 Å².